The number of aliphatic hydroxyl groups is 1. The predicted octanol–water partition coefficient (Wildman–Crippen LogP) is 2.61. The SMILES string of the molecule is OCc1ccnc(Nc2ccc(OC(F)(F)F)cc2)n1. The van der Waals surface area contributed by atoms with E-state index in [1.807, 2.05) is 0 Å². The zero-order chi connectivity index (χ0) is 14.6. The van der Waals surface area contributed by atoms with Gasteiger partial charge in [-0.25, -0.2) is 9.97 Å². The molecular formula is C12H10F3N3O2. The minimum atomic E-state index is -4.71. The highest BCUT2D eigenvalue weighted by Crippen LogP contribution is 2.24. The highest BCUT2D eigenvalue weighted by molar-refractivity contribution is 5.54. The van der Waals surface area contributed by atoms with Gasteiger partial charge in [-0.05, 0) is 30.3 Å². The Morgan fingerprint density at radius 3 is 2.45 bits per heavy atom. The fourth-order valence-electron chi connectivity index (χ4n) is 1.41. The molecule has 5 nitrogen and oxygen atoms in total. The number of hydrogen-bond acceptors (Lipinski definition) is 5. The molecule has 0 radical (unpaired) electrons. The van der Waals surface area contributed by atoms with Crippen LogP contribution < -0.4 is 10.1 Å². The van der Waals surface area contributed by atoms with Gasteiger partial charge in [-0.1, -0.05) is 0 Å². The number of nitrogens with zero attached hydrogens (tertiary/aromatic N) is 2. The first kappa shape index (κ1) is 14.1. The van der Waals surface area contributed by atoms with Crippen LogP contribution in [0, 0.1) is 0 Å². The molecule has 8 heteroatoms. The first-order chi connectivity index (χ1) is 9.46. The van der Waals surface area contributed by atoms with Crippen molar-refractivity contribution in [3.05, 3.63) is 42.2 Å². The van der Waals surface area contributed by atoms with Gasteiger partial charge in [0.1, 0.15) is 5.75 Å². The van der Waals surface area contributed by atoms with E-state index >= 15 is 0 Å². The Hall–Kier alpha value is -2.35. The number of aliphatic hydroxyl groups excluding tert-OH is 1. The molecular weight excluding hydrogens is 275 g/mol. The molecule has 0 saturated carbocycles. The minimum absolute atomic E-state index is 0.227. The summed E-state index contributed by atoms with van der Waals surface area (Å²) < 4.78 is 39.7. The Morgan fingerprint density at radius 1 is 1.15 bits per heavy atom. The smallest absolute Gasteiger partial charge is 0.406 e. The van der Waals surface area contributed by atoms with E-state index in [0.717, 1.165) is 0 Å². The lowest BCUT2D eigenvalue weighted by atomic mass is 10.3. The van der Waals surface area contributed by atoms with Crippen molar-refractivity contribution in [3.63, 3.8) is 0 Å². The van der Waals surface area contributed by atoms with Gasteiger partial charge in [0.05, 0.1) is 12.3 Å². The first-order valence-electron chi connectivity index (χ1n) is 5.52. The number of aromatic nitrogens is 2. The molecule has 2 N–H and O–H groups in total. The van der Waals surface area contributed by atoms with Crippen LogP contribution in [0.2, 0.25) is 0 Å². The molecule has 0 saturated heterocycles. The molecule has 0 spiro atoms. The second-order valence-corrected chi connectivity index (χ2v) is 3.73. The Labute approximate surface area is 112 Å². The molecule has 0 bridgehead atoms. The normalized spacial score (nSPS) is 11.2. The molecule has 0 aliphatic rings. The van der Waals surface area contributed by atoms with Crippen molar-refractivity contribution < 1.29 is 23.0 Å². The highest BCUT2D eigenvalue weighted by atomic mass is 19.4. The Morgan fingerprint density at radius 2 is 1.85 bits per heavy atom. The van der Waals surface area contributed by atoms with Crippen molar-refractivity contribution >= 4 is 11.6 Å². The van der Waals surface area contributed by atoms with Crippen molar-refractivity contribution in [2.24, 2.45) is 0 Å². The first-order valence-corrected chi connectivity index (χ1v) is 5.52. The van der Waals surface area contributed by atoms with Crippen LogP contribution in [0.25, 0.3) is 0 Å². The van der Waals surface area contributed by atoms with Crippen LogP contribution in [0.3, 0.4) is 0 Å². The van der Waals surface area contributed by atoms with Crippen molar-refractivity contribution in [1.82, 2.24) is 9.97 Å². The van der Waals surface area contributed by atoms with E-state index in [1.165, 1.54) is 30.5 Å². The van der Waals surface area contributed by atoms with Crippen molar-refractivity contribution in [2.75, 3.05) is 5.32 Å². The molecule has 106 valence electrons. The number of rotatable bonds is 4. The van der Waals surface area contributed by atoms with Crippen molar-refractivity contribution in [3.8, 4) is 5.75 Å². The lowest BCUT2D eigenvalue weighted by molar-refractivity contribution is -0.274. The van der Waals surface area contributed by atoms with Gasteiger partial charge in [0.25, 0.3) is 0 Å². The maximum atomic E-state index is 12.0. The minimum Gasteiger partial charge on any atom is -0.406 e. The summed E-state index contributed by atoms with van der Waals surface area (Å²) in [6, 6.07) is 6.69. The van der Waals surface area contributed by atoms with Crippen LogP contribution in [0.5, 0.6) is 5.75 Å². The average molecular weight is 285 g/mol. The van der Waals surface area contributed by atoms with Gasteiger partial charge in [-0.15, -0.1) is 13.2 Å². The zero-order valence-corrected chi connectivity index (χ0v) is 10.1. The molecule has 20 heavy (non-hydrogen) atoms. The van der Waals surface area contributed by atoms with Gasteiger partial charge < -0.3 is 15.2 Å². The lowest BCUT2D eigenvalue weighted by Crippen LogP contribution is -2.17. The fraction of sp³-hybridized carbons (Fsp3) is 0.167. The van der Waals surface area contributed by atoms with Crippen LogP contribution in [0.1, 0.15) is 5.69 Å². The molecule has 0 unspecified atom stereocenters. The lowest BCUT2D eigenvalue weighted by Gasteiger charge is -2.10. The number of nitrogens with one attached hydrogen (secondary N) is 1. The monoisotopic (exact) mass is 285 g/mol. The second kappa shape index (κ2) is 5.74. The molecule has 0 aliphatic heterocycles. The Bertz CT molecular complexity index is 573. The van der Waals surface area contributed by atoms with Gasteiger partial charge in [-0.2, -0.15) is 0 Å². The maximum absolute atomic E-state index is 12.0. The van der Waals surface area contributed by atoms with E-state index in [-0.39, 0.29) is 18.3 Å². The number of alkyl halides is 3. The van der Waals surface area contributed by atoms with Crippen LogP contribution in [0.15, 0.2) is 36.5 Å². The molecule has 1 aromatic heterocycles. The van der Waals surface area contributed by atoms with Gasteiger partial charge in [0, 0.05) is 11.9 Å². The highest BCUT2D eigenvalue weighted by Gasteiger charge is 2.30. The van der Waals surface area contributed by atoms with E-state index in [1.54, 1.807) is 6.07 Å². The second-order valence-electron chi connectivity index (χ2n) is 3.73. The summed E-state index contributed by atoms with van der Waals surface area (Å²) in [6.45, 7) is -0.227. The van der Waals surface area contributed by atoms with Gasteiger partial charge in [0.15, 0.2) is 0 Å². The fourth-order valence-corrected chi connectivity index (χ4v) is 1.41. The van der Waals surface area contributed by atoms with Gasteiger partial charge in [-0.3, -0.25) is 0 Å². The maximum Gasteiger partial charge on any atom is 0.573 e. The van der Waals surface area contributed by atoms with Gasteiger partial charge >= 0.3 is 6.36 Å². The van der Waals surface area contributed by atoms with Crippen LogP contribution in [-0.4, -0.2) is 21.4 Å². The van der Waals surface area contributed by atoms with Crippen LogP contribution >= 0.6 is 0 Å². The topological polar surface area (TPSA) is 67.3 Å². The summed E-state index contributed by atoms with van der Waals surface area (Å²) >= 11 is 0. The number of benzene rings is 1. The van der Waals surface area contributed by atoms with Crippen LogP contribution in [-0.2, 0) is 6.61 Å². The van der Waals surface area contributed by atoms with E-state index in [9.17, 15) is 13.2 Å². The van der Waals surface area contributed by atoms with Gasteiger partial charge in [0.2, 0.25) is 5.95 Å². The Kier molecular flexibility index (Phi) is 4.04. The zero-order valence-electron chi connectivity index (χ0n) is 10.1. The molecule has 2 rings (SSSR count). The Balaban J connectivity index is 2.06. The van der Waals surface area contributed by atoms with Crippen molar-refractivity contribution in [2.45, 2.75) is 13.0 Å². The molecule has 0 atom stereocenters. The summed E-state index contributed by atoms with van der Waals surface area (Å²) in [6.07, 6.45) is -3.25. The number of halogens is 3. The predicted molar refractivity (Wildman–Crippen MR) is 64.4 cm³/mol. The number of anilines is 2. The largest absolute Gasteiger partial charge is 0.573 e. The summed E-state index contributed by atoms with van der Waals surface area (Å²) in [5, 5.41) is 11.7. The van der Waals surface area contributed by atoms with E-state index in [2.05, 4.69) is 20.0 Å². The summed E-state index contributed by atoms with van der Waals surface area (Å²) in [5.74, 6) is -0.0749. The standard InChI is InChI=1S/C12H10F3N3O2/c13-12(14,15)20-10-3-1-8(2-4-10)17-11-16-6-5-9(7-19)18-11/h1-6,19H,7H2,(H,16,17,18). The number of hydrogen-bond donors (Lipinski definition) is 2. The third-order valence-electron chi connectivity index (χ3n) is 2.22. The van der Waals surface area contributed by atoms with E-state index in [4.69, 9.17) is 5.11 Å². The molecule has 0 aliphatic carbocycles. The molecule has 0 amide bonds. The van der Waals surface area contributed by atoms with Crippen LogP contribution in [0.4, 0.5) is 24.8 Å². The summed E-state index contributed by atoms with van der Waals surface area (Å²) in [5.41, 5.74) is 0.925. The van der Waals surface area contributed by atoms with E-state index in [0.29, 0.717) is 11.4 Å². The molecule has 0 fully saturated rings. The summed E-state index contributed by atoms with van der Waals surface area (Å²) in [7, 11) is 0. The molecule has 1 aromatic carbocycles. The number of ether oxygens (including phenoxy) is 1. The summed E-state index contributed by atoms with van der Waals surface area (Å²) in [4.78, 5) is 7.90. The molecule has 1 heterocycles. The third-order valence-corrected chi connectivity index (χ3v) is 2.22. The average Bonchev–Trinajstić information content (AvgIpc) is 2.40. The van der Waals surface area contributed by atoms with E-state index < -0.39 is 6.36 Å². The molecule has 2 aromatic rings. The third kappa shape index (κ3) is 4.09. The quantitative estimate of drug-likeness (QED) is 0.903. The van der Waals surface area contributed by atoms with Crippen molar-refractivity contribution in [1.29, 1.82) is 0 Å².